The summed E-state index contributed by atoms with van der Waals surface area (Å²) in [6.07, 6.45) is 0. The molecule has 0 bridgehead atoms. The van der Waals surface area contributed by atoms with Gasteiger partial charge in [-0.25, -0.2) is 0 Å². The van der Waals surface area contributed by atoms with E-state index in [2.05, 4.69) is 0 Å². The summed E-state index contributed by atoms with van der Waals surface area (Å²) < 4.78 is 5.59. The molecule has 3 heteroatoms. The summed E-state index contributed by atoms with van der Waals surface area (Å²) in [7, 11) is 0. The van der Waals surface area contributed by atoms with Gasteiger partial charge >= 0.3 is 0 Å². The Hall–Kier alpha value is -1.32. The highest BCUT2D eigenvalue weighted by molar-refractivity contribution is 5.82. The molecule has 14 heavy (non-hydrogen) atoms. The SMILES string of the molecule is Cc1oc2ccccc2c1[C@H](N)CN. The summed E-state index contributed by atoms with van der Waals surface area (Å²) in [5, 5.41) is 1.07. The van der Waals surface area contributed by atoms with Crippen LogP contribution in [0.2, 0.25) is 0 Å². The summed E-state index contributed by atoms with van der Waals surface area (Å²) in [6, 6.07) is 7.73. The van der Waals surface area contributed by atoms with Crippen molar-refractivity contribution in [3.8, 4) is 0 Å². The van der Waals surface area contributed by atoms with Gasteiger partial charge in [-0.15, -0.1) is 0 Å². The van der Waals surface area contributed by atoms with Gasteiger partial charge in [0.15, 0.2) is 0 Å². The van der Waals surface area contributed by atoms with Crippen LogP contribution >= 0.6 is 0 Å². The quantitative estimate of drug-likeness (QED) is 0.757. The van der Waals surface area contributed by atoms with Crippen LogP contribution in [0.3, 0.4) is 0 Å². The first-order valence-corrected chi connectivity index (χ1v) is 4.67. The van der Waals surface area contributed by atoms with Crippen LogP contribution in [0.1, 0.15) is 17.4 Å². The molecule has 2 rings (SSSR count). The molecule has 1 aromatic heterocycles. The lowest BCUT2D eigenvalue weighted by Crippen LogP contribution is -2.21. The van der Waals surface area contributed by atoms with Gasteiger partial charge in [0.1, 0.15) is 11.3 Å². The Bertz CT molecular complexity index is 447. The fourth-order valence-corrected chi connectivity index (χ4v) is 1.77. The highest BCUT2D eigenvalue weighted by Gasteiger charge is 2.15. The molecule has 0 unspecified atom stereocenters. The first-order valence-electron chi connectivity index (χ1n) is 4.67. The lowest BCUT2D eigenvalue weighted by Gasteiger charge is -2.07. The van der Waals surface area contributed by atoms with Gasteiger partial charge in [0.2, 0.25) is 0 Å². The summed E-state index contributed by atoms with van der Waals surface area (Å²) in [4.78, 5) is 0. The predicted octanol–water partition coefficient (Wildman–Crippen LogP) is 1.70. The van der Waals surface area contributed by atoms with E-state index in [1.54, 1.807) is 0 Å². The number of rotatable bonds is 2. The van der Waals surface area contributed by atoms with Gasteiger partial charge in [-0.1, -0.05) is 18.2 Å². The summed E-state index contributed by atoms with van der Waals surface area (Å²) >= 11 is 0. The number of para-hydroxylation sites is 1. The fraction of sp³-hybridized carbons (Fsp3) is 0.273. The highest BCUT2D eigenvalue weighted by atomic mass is 16.3. The van der Waals surface area contributed by atoms with E-state index in [0.29, 0.717) is 6.54 Å². The average Bonchev–Trinajstić information content (AvgIpc) is 2.53. The second kappa shape index (κ2) is 3.44. The van der Waals surface area contributed by atoms with E-state index in [4.69, 9.17) is 15.9 Å². The predicted molar refractivity (Wildman–Crippen MR) is 56.9 cm³/mol. The minimum Gasteiger partial charge on any atom is -0.461 e. The number of nitrogens with two attached hydrogens (primary N) is 2. The number of furan rings is 1. The van der Waals surface area contributed by atoms with Crippen LogP contribution in [0, 0.1) is 6.92 Å². The Morgan fingerprint density at radius 3 is 2.79 bits per heavy atom. The first kappa shape index (κ1) is 9.24. The minimum atomic E-state index is -0.140. The van der Waals surface area contributed by atoms with Gasteiger partial charge in [0.25, 0.3) is 0 Å². The van der Waals surface area contributed by atoms with E-state index < -0.39 is 0 Å². The number of fused-ring (bicyclic) bond motifs is 1. The highest BCUT2D eigenvalue weighted by Crippen LogP contribution is 2.28. The number of hydrogen-bond acceptors (Lipinski definition) is 3. The van der Waals surface area contributed by atoms with Crippen molar-refractivity contribution in [2.75, 3.05) is 6.54 Å². The number of benzene rings is 1. The Labute approximate surface area is 82.7 Å². The zero-order chi connectivity index (χ0) is 10.1. The largest absolute Gasteiger partial charge is 0.461 e. The summed E-state index contributed by atoms with van der Waals surface area (Å²) in [6.45, 7) is 2.36. The van der Waals surface area contributed by atoms with Gasteiger partial charge in [-0.3, -0.25) is 0 Å². The lowest BCUT2D eigenvalue weighted by atomic mass is 10.0. The van der Waals surface area contributed by atoms with Gasteiger partial charge < -0.3 is 15.9 Å². The molecule has 3 nitrogen and oxygen atoms in total. The van der Waals surface area contributed by atoms with Gasteiger partial charge in [0.05, 0.1) is 0 Å². The Balaban J connectivity index is 2.67. The molecule has 4 N–H and O–H groups in total. The van der Waals surface area contributed by atoms with Crippen molar-refractivity contribution in [1.29, 1.82) is 0 Å². The molecular weight excluding hydrogens is 176 g/mol. The molecule has 0 saturated carbocycles. The Kier molecular flexibility index (Phi) is 2.27. The van der Waals surface area contributed by atoms with Crippen LogP contribution in [0.15, 0.2) is 28.7 Å². The van der Waals surface area contributed by atoms with E-state index in [1.165, 1.54) is 0 Å². The molecule has 1 atom stereocenters. The molecule has 74 valence electrons. The summed E-state index contributed by atoms with van der Waals surface area (Å²) in [5.74, 6) is 0.865. The topological polar surface area (TPSA) is 65.2 Å². The van der Waals surface area contributed by atoms with Crippen LogP contribution in [0.4, 0.5) is 0 Å². The van der Waals surface area contributed by atoms with Crippen molar-refractivity contribution in [1.82, 2.24) is 0 Å². The zero-order valence-electron chi connectivity index (χ0n) is 8.16. The maximum Gasteiger partial charge on any atom is 0.134 e. The molecule has 0 aliphatic carbocycles. The van der Waals surface area contributed by atoms with Crippen LogP contribution < -0.4 is 11.5 Å². The molecule has 0 aliphatic heterocycles. The van der Waals surface area contributed by atoms with Crippen LogP contribution in [-0.4, -0.2) is 6.54 Å². The van der Waals surface area contributed by atoms with Crippen molar-refractivity contribution in [3.63, 3.8) is 0 Å². The fourth-order valence-electron chi connectivity index (χ4n) is 1.77. The lowest BCUT2D eigenvalue weighted by molar-refractivity contribution is 0.563. The first-order chi connectivity index (χ1) is 6.74. The van der Waals surface area contributed by atoms with Crippen molar-refractivity contribution in [2.24, 2.45) is 11.5 Å². The van der Waals surface area contributed by atoms with E-state index >= 15 is 0 Å². The third-order valence-corrected chi connectivity index (χ3v) is 2.44. The number of hydrogen-bond donors (Lipinski definition) is 2. The van der Waals surface area contributed by atoms with E-state index in [0.717, 1.165) is 22.3 Å². The maximum atomic E-state index is 5.92. The van der Waals surface area contributed by atoms with Crippen molar-refractivity contribution < 1.29 is 4.42 Å². The van der Waals surface area contributed by atoms with Crippen molar-refractivity contribution >= 4 is 11.0 Å². The molecule has 0 amide bonds. The van der Waals surface area contributed by atoms with Crippen LogP contribution in [0.25, 0.3) is 11.0 Å². The average molecular weight is 190 g/mol. The monoisotopic (exact) mass is 190 g/mol. The molecule has 0 aliphatic rings. The molecule has 0 fully saturated rings. The Morgan fingerprint density at radius 2 is 2.07 bits per heavy atom. The molecule has 1 heterocycles. The van der Waals surface area contributed by atoms with Crippen molar-refractivity contribution in [3.05, 3.63) is 35.6 Å². The van der Waals surface area contributed by atoms with E-state index in [-0.39, 0.29) is 6.04 Å². The third-order valence-electron chi connectivity index (χ3n) is 2.44. The van der Waals surface area contributed by atoms with Gasteiger partial charge in [-0.2, -0.15) is 0 Å². The molecule has 2 aromatic rings. The third kappa shape index (κ3) is 1.31. The molecular formula is C11H14N2O. The van der Waals surface area contributed by atoms with Gasteiger partial charge in [-0.05, 0) is 13.0 Å². The minimum absolute atomic E-state index is 0.140. The standard InChI is InChI=1S/C11H14N2O/c1-7-11(9(13)6-12)8-4-2-3-5-10(8)14-7/h2-5,9H,6,12-13H2,1H3/t9-/m1/s1. The second-order valence-corrected chi connectivity index (χ2v) is 3.41. The van der Waals surface area contributed by atoms with Crippen LogP contribution in [-0.2, 0) is 0 Å². The number of aryl methyl sites for hydroxylation is 1. The molecule has 0 radical (unpaired) electrons. The summed E-state index contributed by atoms with van der Waals surface area (Å²) in [5.41, 5.74) is 13.4. The normalized spacial score (nSPS) is 13.4. The Morgan fingerprint density at radius 1 is 1.36 bits per heavy atom. The molecule has 1 aromatic carbocycles. The smallest absolute Gasteiger partial charge is 0.134 e. The molecule has 0 saturated heterocycles. The molecule has 0 spiro atoms. The van der Waals surface area contributed by atoms with E-state index in [9.17, 15) is 0 Å². The van der Waals surface area contributed by atoms with Crippen LogP contribution in [0.5, 0.6) is 0 Å². The van der Waals surface area contributed by atoms with Crippen molar-refractivity contribution in [2.45, 2.75) is 13.0 Å². The second-order valence-electron chi connectivity index (χ2n) is 3.41. The van der Waals surface area contributed by atoms with Gasteiger partial charge in [0, 0.05) is 23.5 Å². The zero-order valence-corrected chi connectivity index (χ0v) is 8.16. The van der Waals surface area contributed by atoms with E-state index in [1.807, 2.05) is 31.2 Å². The maximum absolute atomic E-state index is 5.92.